The van der Waals surface area contributed by atoms with Gasteiger partial charge in [-0.25, -0.2) is 17.9 Å². The molecule has 0 aliphatic rings. The maximum atomic E-state index is 12.1. The van der Waals surface area contributed by atoms with E-state index in [2.05, 4.69) is 15.0 Å². The minimum atomic E-state index is -3.86. The lowest BCUT2D eigenvalue weighted by atomic mass is 10.2. The molecule has 0 spiro atoms. The van der Waals surface area contributed by atoms with Crippen LogP contribution in [-0.2, 0) is 14.8 Å². The third-order valence-electron chi connectivity index (χ3n) is 2.77. The maximum Gasteiger partial charge on any atom is 0.352 e. The number of aromatic nitrogens is 1. The predicted molar refractivity (Wildman–Crippen MR) is 71.1 cm³/mol. The molecule has 0 aromatic carbocycles. The summed E-state index contributed by atoms with van der Waals surface area (Å²) in [5.74, 6) is -1.51. The lowest BCUT2D eigenvalue weighted by Gasteiger charge is -2.07. The number of carbonyl (C=O) groups is 2. The second-order valence-corrected chi connectivity index (χ2v) is 5.91. The van der Waals surface area contributed by atoms with Gasteiger partial charge < -0.3 is 15.4 Å². The Morgan fingerprint density at radius 1 is 1.30 bits per heavy atom. The van der Waals surface area contributed by atoms with Gasteiger partial charge in [-0.15, -0.1) is 0 Å². The maximum absolute atomic E-state index is 12.1. The fourth-order valence-corrected chi connectivity index (χ4v) is 3.32. The van der Waals surface area contributed by atoms with Crippen molar-refractivity contribution >= 4 is 21.9 Å². The van der Waals surface area contributed by atoms with Gasteiger partial charge in [-0.2, -0.15) is 0 Å². The summed E-state index contributed by atoms with van der Waals surface area (Å²) < 4.78 is 26.5. The second-order valence-electron chi connectivity index (χ2n) is 4.21. The number of amides is 1. The number of rotatable bonds is 6. The van der Waals surface area contributed by atoms with Gasteiger partial charge in [0.2, 0.25) is 15.9 Å². The number of hydrogen-bond acceptors (Lipinski definition) is 4. The molecule has 1 aromatic rings. The number of aromatic carboxylic acids is 1. The van der Waals surface area contributed by atoms with Gasteiger partial charge in [0.25, 0.3) is 0 Å². The first-order valence-corrected chi connectivity index (χ1v) is 7.31. The molecule has 4 N–H and O–H groups in total. The van der Waals surface area contributed by atoms with E-state index in [0.717, 1.165) is 0 Å². The fourth-order valence-electron chi connectivity index (χ4n) is 1.85. The van der Waals surface area contributed by atoms with Crippen LogP contribution in [-0.4, -0.2) is 44.0 Å². The summed E-state index contributed by atoms with van der Waals surface area (Å²) >= 11 is 0. The molecule has 0 atom stereocenters. The average molecular weight is 303 g/mol. The van der Waals surface area contributed by atoms with Gasteiger partial charge in [0.15, 0.2) is 0 Å². The summed E-state index contributed by atoms with van der Waals surface area (Å²) in [4.78, 5) is 24.4. The van der Waals surface area contributed by atoms with Crippen LogP contribution >= 0.6 is 0 Å². The van der Waals surface area contributed by atoms with Crippen molar-refractivity contribution in [2.75, 3.05) is 13.6 Å². The quantitative estimate of drug-likeness (QED) is 0.576. The number of hydrogen-bond donors (Lipinski definition) is 4. The van der Waals surface area contributed by atoms with Crippen molar-refractivity contribution < 1.29 is 23.1 Å². The molecule has 0 unspecified atom stereocenters. The minimum Gasteiger partial charge on any atom is -0.477 e. The molecule has 0 aliphatic carbocycles. The van der Waals surface area contributed by atoms with E-state index in [1.165, 1.54) is 20.9 Å². The van der Waals surface area contributed by atoms with Crippen LogP contribution in [0.3, 0.4) is 0 Å². The number of carboxylic acids is 1. The Labute approximate surface area is 116 Å². The lowest BCUT2D eigenvalue weighted by molar-refractivity contribution is -0.120. The highest BCUT2D eigenvalue weighted by atomic mass is 32.2. The first-order chi connectivity index (χ1) is 9.20. The van der Waals surface area contributed by atoms with E-state index in [1.807, 2.05) is 0 Å². The lowest BCUT2D eigenvalue weighted by Crippen LogP contribution is -2.29. The monoisotopic (exact) mass is 303 g/mol. The van der Waals surface area contributed by atoms with E-state index in [4.69, 9.17) is 5.11 Å². The molecule has 8 nitrogen and oxygen atoms in total. The molecule has 0 fully saturated rings. The standard InChI is InChI=1S/C11H17N3O5S/c1-6-9(11(16)17)14-7(2)10(6)20(18,19)13-5-4-8(15)12-3/h13-14H,4-5H2,1-3H3,(H,12,15)(H,16,17). The van der Waals surface area contributed by atoms with E-state index >= 15 is 0 Å². The molecule has 112 valence electrons. The van der Waals surface area contributed by atoms with E-state index in [0.29, 0.717) is 0 Å². The van der Waals surface area contributed by atoms with Crippen LogP contribution < -0.4 is 10.0 Å². The van der Waals surface area contributed by atoms with Crippen molar-refractivity contribution in [2.45, 2.75) is 25.2 Å². The summed E-state index contributed by atoms with van der Waals surface area (Å²) in [6, 6.07) is 0. The molecule has 0 saturated carbocycles. The molecular formula is C11H17N3O5S. The van der Waals surface area contributed by atoms with Crippen molar-refractivity contribution in [3.63, 3.8) is 0 Å². The van der Waals surface area contributed by atoms with Crippen LogP contribution in [0.2, 0.25) is 0 Å². The summed E-state index contributed by atoms with van der Waals surface area (Å²) in [5, 5.41) is 11.3. The molecule has 1 aromatic heterocycles. The number of carboxylic acid groups (broad SMARTS) is 1. The Morgan fingerprint density at radius 2 is 1.90 bits per heavy atom. The van der Waals surface area contributed by atoms with Gasteiger partial charge in [-0.3, -0.25) is 4.79 Å². The minimum absolute atomic E-state index is 0.00400. The van der Waals surface area contributed by atoms with Crippen molar-refractivity contribution in [1.82, 2.24) is 15.0 Å². The van der Waals surface area contributed by atoms with Crippen LogP contribution in [0.4, 0.5) is 0 Å². The first-order valence-electron chi connectivity index (χ1n) is 5.83. The van der Waals surface area contributed by atoms with Crippen molar-refractivity contribution in [3.8, 4) is 0 Å². The number of aromatic amines is 1. The highest BCUT2D eigenvalue weighted by Crippen LogP contribution is 2.22. The SMILES string of the molecule is CNC(=O)CCNS(=O)(=O)c1c(C)[nH]c(C(=O)O)c1C. The molecule has 9 heteroatoms. The molecule has 0 radical (unpaired) electrons. The molecule has 1 heterocycles. The van der Waals surface area contributed by atoms with E-state index < -0.39 is 16.0 Å². The zero-order valence-corrected chi connectivity index (χ0v) is 12.2. The molecule has 0 bridgehead atoms. The van der Waals surface area contributed by atoms with Gasteiger partial charge >= 0.3 is 5.97 Å². The average Bonchev–Trinajstić information content (AvgIpc) is 2.64. The zero-order chi connectivity index (χ0) is 15.5. The molecule has 20 heavy (non-hydrogen) atoms. The van der Waals surface area contributed by atoms with Gasteiger partial charge in [0.1, 0.15) is 10.6 Å². The second kappa shape index (κ2) is 6.06. The largest absolute Gasteiger partial charge is 0.477 e. The highest BCUT2D eigenvalue weighted by Gasteiger charge is 2.26. The Hall–Kier alpha value is -1.87. The Bertz CT molecular complexity index is 633. The number of aryl methyl sites for hydroxylation is 1. The van der Waals surface area contributed by atoms with Crippen molar-refractivity contribution in [2.24, 2.45) is 0 Å². The zero-order valence-electron chi connectivity index (χ0n) is 11.4. The molecule has 0 aliphatic heterocycles. The van der Waals surface area contributed by atoms with Crippen LogP contribution in [0.5, 0.6) is 0 Å². The molecular weight excluding hydrogens is 286 g/mol. The summed E-state index contributed by atoms with van der Waals surface area (Å²) in [5.41, 5.74) is 0.226. The number of H-pyrrole nitrogens is 1. The van der Waals surface area contributed by atoms with E-state index in [1.54, 1.807) is 0 Å². The normalized spacial score (nSPS) is 11.3. The Kier molecular flexibility index (Phi) is 4.90. The molecule has 0 saturated heterocycles. The third-order valence-corrected chi connectivity index (χ3v) is 4.51. The topological polar surface area (TPSA) is 128 Å². The van der Waals surface area contributed by atoms with Crippen molar-refractivity contribution in [3.05, 3.63) is 17.0 Å². The van der Waals surface area contributed by atoms with Gasteiger partial charge in [-0.1, -0.05) is 0 Å². The van der Waals surface area contributed by atoms with Crippen LogP contribution in [0.15, 0.2) is 4.90 Å². The third kappa shape index (κ3) is 3.36. The fraction of sp³-hybridized carbons (Fsp3) is 0.455. The summed E-state index contributed by atoms with van der Waals surface area (Å²) in [6.07, 6.45) is 0.00400. The Balaban J connectivity index is 2.99. The van der Waals surface area contributed by atoms with Crippen molar-refractivity contribution in [1.29, 1.82) is 0 Å². The van der Waals surface area contributed by atoms with Gasteiger partial charge in [0, 0.05) is 31.3 Å². The number of carbonyl (C=O) groups excluding carboxylic acids is 1. The molecule has 1 rings (SSSR count). The highest BCUT2D eigenvalue weighted by molar-refractivity contribution is 7.89. The first kappa shape index (κ1) is 16.2. The van der Waals surface area contributed by atoms with Gasteiger partial charge in [0.05, 0.1) is 0 Å². The number of nitrogens with one attached hydrogen (secondary N) is 3. The van der Waals surface area contributed by atoms with E-state index in [9.17, 15) is 18.0 Å². The van der Waals surface area contributed by atoms with Crippen LogP contribution in [0.1, 0.15) is 28.2 Å². The number of sulfonamides is 1. The van der Waals surface area contributed by atoms with E-state index in [-0.39, 0.29) is 40.7 Å². The Morgan fingerprint density at radius 3 is 2.35 bits per heavy atom. The van der Waals surface area contributed by atoms with Crippen LogP contribution in [0.25, 0.3) is 0 Å². The smallest absolute Gasteiger partial charge is 0.352 e. The summed E-state index contributed by atoms with van der Waals surface area (Å²) in [7, 11) is -2.41. The van der Waals surface area contributed by atoms with Gasteiger partial charge in [-0.05, 0) is 13.8 Å². The van der Waals surface area contributed by atoms with Crippen LogP contribution in [0, 0.1) is 13.8 Å². The molecule has 1 amide bonds. The summed E-state index contributed by atoms with van der Waals surface area (Å²) in [6.45, 7) is 2.83. The predicted octanol–water partition coefficient (Wildman–Crippen LogP) is -0.256.